The number of hydrogen-bond donors (Lipinski definition) is 1. The highest BCUT2D eigenvalue weighted by molar-refractivity contribution is 7.91. The Balaban J connectivity index is 1.69. The number of nitrogens with zero attached hydrogens (tertiary/aromatic N) is 1. The number of benzene rings is 2. The summed E-state index contributed by atoms with van der Waals surface area (Å²) >= 11 is 0. The van der Waals surface area contributed by atoms with Crippen molar-refractivity contribution in [3.63, 3.8) is 0 Å². The van der Waals surface area contributed by atoms with Gasteiger partial charge in [0, 0.05) is 18.2 Å². The summed E-state index contributed by atoms with van der Waals surface area (Å²) in [4.78, 5) is 15.0. The zero-order valence-corrected chi connectivity index (χ0v) is 17.0. The molecule has 30 heavy (non-hydrogen) atoms. The lowest BCUT2D eigenvalue weighted by molar-refractivity contribution is -0.137. The Morgan fingerprint density at radius 3 is 2.37 bits per heavy atom. The van der Waals surface area contributed by atoms with E-state index in [1.165, 1.54) is 12.1 Å². The summed E-state index contributed by atoms with van der Waals surface area (Å²) in [5, 5.41) is 0. The molecular weight excluding hydrogens is 410 g/mol. The van der Waals surface area contributed by atoms with Gasteiger partial charge in [-0.15, -0.1) is 0 Å². The summed E-state index contributed by atoms with van der Waals surface area (Å²) in [5.41, 5.74) is 6.70. The third-order valence-electron chi connectivity index (χ3n) is 5.86. The fourth-order valence-corrected chi connectivity index (χ4v) is 5.62. The zero-order valence-electron chi connectivity index (χ0n) is 16.2. The van der Waals surface area contributed by atoms with Crippen LogP contribution in [0.3, 0.4) is 0 Å². The summed E-state index contributed by atoms with van der Waals surface area (Å²) in [6.07, 6.45) is 1.88. The smallest absolute Gasteiger partial charge is 0.243 e. The molecular formula is C22H22F2N2O3S. The first-order valence-corrected chi connectivity index (χ1v) is 11.5. The SMILES string of the molecule is NC1(C(=O)N2CC(c3ccc(F)cc3F)=CC2c2ccccc2)CCS(=O)(=O)CC1. The third-order valence-corrected chi connectivity index (χ3v) is 7.51. The van der Waals surface area contributed by atoms with Gasteiger partial charge in [0.05, 0.1) is 23.1 Å². The quantitative estimate of drug-likeness (QED) is 0.809. The molecule has 2 aliphatic rings. The Morgan fingerprint density at radius 1 is 1.07 bits per heavy atom. The van der Waals surface area contributed by atoms with Gasteiger partial charge in [0.2, 0.25) is 5.91 Å². The van der Waals surface area contributed by atoms with Crippen LogP contribution in [0.25, 0.3) is 5.57 Å². The molecule has 8 heteroatoms. The van der Waals surface area contributed by atoms with Crippen LogP contribution in [0.15, 0.2) is 54.6 Å². The number of nitrogens with two attached hydrogens (primary N) is 1. The average molecular weight is 432 g/mol. The first-order valence-electron chi connectivity index (χ1n) is 9.70. The molecule has 5 nitrogen and oxygen atoms in total. The van der Waals surface area contributed by atoms with E-state index in [2.05, 4.69) is 0 Å². The van der Waals surface area contributed by atoms with Gasteiger partial charge in [-0.2, -0.15) is 0 Å². The van der Waals surface area contributed by atoms with Gasteiger partial charge in [-0.1, -0.05) is 36.4 Å². The molecule has 2 heterocycles. The van der Waals surface area contributed by atoms with Crippen molar-refractivity contribution >= 4 is 21.3 Å². The number of carbonyl (C=O) groups is 1. The molecule has 0 bridgehead atoms. The van der Waals surface area contributed by atoms with Crippen LogP contribution in [0.2, 0.25) is 0 Å². The Kier molecular flexibility index (Phi) is 5.23. The van der Waals surface area contributed by atoms with Gasteiger partial charge in [-0.05, 0) is 36.1 Å². The lowest BCUT2D eigenvalue weighted by Gasteiger charge is -2.37. The van der Waals surface area contributed by atoms with Crippen molar-refractivity contribution in [1.29, 1.82) is 0 Å². The van der Waals surface area contributed by atoms with E-state index >= 15 is 0 Å². The molecule has 2 aliphatic heterocycles. The lowest BCUT2D eigenvalue weighted by Crippen LogP contribution is -2.58. The van der Waals surface area contributed by atoms with Crippen LogP contribution in [0.4, 0.5) is 8.78 Å². The minimum Gasteiger partial charge on any atom is -0.326 e. The van der Waals surface area contributed by atoms with Crippen LogP contribution in [-0.4, -0.2) is 42.8 Å². The first kappa shape index (κ1) is 20.7. The Morgan fingerprint density at radius 2 is 1.73 bits per heavy atom. The van der Waals surface area contributed by atoms with Gasteiger partial charge < -0.3 is 10.6 Å². The largest absolute Gasteiger partial charge is 0.326 e. The molecule has 0 spiro atoms. The summed E-state index contributed by atoms with van der Waals surface area (Å²) < 4.78 is 51.4. The minimum absolute atomic E-state index is 0.0480. The maximum atomic E-state index is 14.4. The second kappa shape index (κ2) is 7.59. The van der Waals surface area contributed by atoms with E-state index in [1.807, 2.05) is 30.3 Å². The van der Waals surface area contributed by atoms with E-state index < -0.39 is 33.1 Å². The predicted octanol–water partition coefficient (Wildman–Crippen LogP) is 2.84. The molecule has 158 valence electrons. The molecule has 0 aliphatic carbocycles. The van der Waals surface area contributed by atoms with Gasteiger partial charge in [-0.3, -0.25) is 4.79 Å². The van der Waals surface area contributed by atoms with Gasteiger partial charge in [0.1, 0.15) is 21.5 Å². The molecule has 2 N–H and O–H groups in total. The van der Waals surface area contributed by atoms with E-state index in [4.69, 9.17) is 5.73 Å². The molecule has 4 rings (SSSR count). The van der Waals surface area contributed by atoms with Crippen molar-refractivity contribution < 1.29 is 22.0 Å². The van der Waals surface area contributed by atoms with Crippen molar-refractivity contribution in [2.45, 2.75) is 24.4 Å². The second-order valence-corrected chi connectivity index (χ2v) is 10.2. The summed E-state index contributed by atoms with van der Waals surface area (Å²) in [5.74, 6) is -2.00. The number of amides is 1. The maximum absolute atomic E-state index is 14.4. The molecule has 1 saturated heterocycles. The Bertz CT molecular complexity index is 1100. The zero-order chi connectivity index (χ0) is 21.5. The van der Waals surface area contributed by atoms with Crippen LogP contribution >= 0.6 is 0 Å². The normalized spacial score (nSPS) is 22.6. The highest BCUT2D eigenvalue weighted by Crippen LogP contribution is 2.38. The van der Waals surface area contributed by atoms with E-state index in [9.17, 15) is 22.0 Å². The lowest BCUT2D eigenvalue weighted by atomic mass is 9.91. The highest BCUT2D eigenvalue weighted by Gasteiger charge is 2.45. The fourth-order valence-electron chi connectivity index (χ4n) is 4.07. The molecule has 1 atom stereocenters. The van der Waals surface area contributed by atoms with Gasteiger partial charge in [0.15, 0.2) is 0 Å². The average Bonchev–Trinajstić information content (AvgIpc) is 3.15. The van der Waals surface area contributed by atoms with E-state index in [-0.39, 0.29) is 42.4 Å². The number of halogens is 2. The third kappa shape index (κ3) is 3.89. The first-order chi connectivity index (χ1) is 14.2. The molecule has 2 aromatic rings. The fraction of sp³-hybridized carbons (Fsp3) is 0.318. The Hall–Kier alpha value is -2.58. The van der Waals surface area contributed by atoms with Gasteiger partial charge >= 0.3 is 0 Å². The van der Waals surface area contributed by atoms with Crippen molar-refractivity contribution in [2.75, 3.05) is 18.1 Å². The summed E-state index contributed by atoms with van der Waals surface area (Å²) in [6.45, 7) is 0.104. The van der Waals surface area contributed by atoms with Crippen LogP contribution in [0, 0.1) is 11.6 Å². The van der Waals surface area contributed by atoms with Crippen molar-refractivity contribution in [2.24, 2.45) is 5.73 Å². The Labute approximate surface area is 174 Å². The highest BCUT2D eigenvalue weighted by atomic mass is 32.2. The van der Waals surface area contributed by atoms with Crippen LogP contribution in [0.1, 0.15) is 30.0 Å². The summed E-state index contributed by atoms with van der Waals surface area (Å²) in [6, 6.07) is 12.1. The van der Waals surface area contributed by atoms with Gasteiger partial charge in [0.25, 0.3) is 0 Å². The summed E-state index contributed by atoms with van der Waals surface area (Å²) in [7, 11) is -3.19. The molecule has 0 aromatic heterocycles. The predicted molar refractivity (Wildman–Crippen MR) is 110 cm³/mol. The molecule has 0 saturated carbocycles. The van der Waals surface area contributed by atoms with Crippen molar-refractivity contribution in [1.82, 2.24) is 4.90 Å². The van der Waals surface area contributed by atoms with Crippen LogP contribution in [0.5, 0.6) is 0 Å². The van der Waals surface area contributed by atoms with Crippen molar-refractivity contribution in [3.05, 3.63) is 77.4 Å². The standard InChI is InChI=1S/C22H22F2N2O3S/c23-17-6-7-18(19(24)13-17)16-12-20(15-4-2-1-3-5-15)26(14-16)21(27)22(25)8-10-30(28,29)11-9-22/h1-7,12-13,20H,8-11,14,25H2. The van der Waals surface area contributed by atoms with Crippen LogP contribution < -0.4 is 5.73 Å². The molecule has 1 amide bonds. The monoisotopic (exact) mass is 432 g/mol. The van der Waals surface area contributed by atoms with E-state index in [0.717, 1.165) is 11.6 Å². The molecule has 1 unspecified atom stereocenters. The number of carbonyl (C=O) groups excluding carboxylic acids is 1. The van der Waals surface area contributed by atoms with E-state index in [0.29, 0.717) is 5.57 Å². The molecule has 0 radical (unpaired) electrons. The van der Waals surface area contributed by atoms with Crippen molar-refractivity contribution in [3.8, 4) is 0 Å². The number of hydrogen-bond acceptors (Lipinski definition) is 4. The second-order valence-electron chi connectivity index (χ2n) is 7.91. The van der Waals surface area contributed by atoms with Gasteiger partial charge in [-0.25, -0.2) is 17.2 Å². The minimum atomic E-state index is -3.19. The number of rotatable bonds is 3. The maximum Gasteiger partial charge on any atom is 0.243 e. The number of sulfone groups is 1. The molecule has 1 fully saturated rings. The van der Waals surface area contributed by atoms with E-state index in [1.54, 1.807) is 11.0 Å². The van der Waals surface area contributed by atoms with Crippen LogP contribution in [-0.2, 0) is 14.6 Å². The molecule has 2 aromatic carbocycles. The topological polar surface area (TPSA) is 80.5 Å².